The Bertz CT molecular complexity index is 490. The molecule has 5 nitrogen and oxygen atoms in total. The van der Waals surface area contributed by atoms with E-state index in [4.69, 9.17) is 21.4 Å². The number of amides is 1. The van der Waals surface area contributed by atoms with Crippen LogP contribution in [0.15, 0.2) is 18.2 Å². The minimum Gasteiger partial charge on any atom is -0.495 e. The van der Waals surface area contributed by atoms with Crippen molar-refractivity contribution in [3.8, 4) is 5.75 Å². The summed E-state index contributed by atoms with van der Waals surface area (Å²) >= 11 is 5.99. The molecule has 0 saturated heterocycles. The summed E-state index contributed by atoms with van der Waals surface area (Å²) in [5.41, 5.74) is 0.898. The first-order valence-corrected chi connectivity index (χ1v) is 6.70. The van der Waals surface area contributed by atoms with Gasteiger partial charge in [0.1, 0.15) is 11.8 Å². The molecule has 1 rings (SSSR count). The maximum absolute atomic E-state index is 11.7. The fourth-order valence-corrected chi connectivity index (χ4v) is 2.01. The van der Waals surface area contributed by atoms with Gasteiger partial charge in [-0.05, 0) is 30.5 Å². The standard InChI is InChI=1S/C14H18ClNO4/c1-3-11(14(18)19)16-13(17)7-5-9-4-6-12(20-2)10(15)8-9/h4,6,8,11H,3,5,7H2,1-2H3,(H,16,17)(H,18,19)/t11-/m1/s1. The Morgan fingerprint density at radius 1 is 1.45 bits per heavy atom. The molecule has 0 heterocycles. The van der Waals surface area contributed by atoms with E-state index >= 15 is 0 Å². The zero-order chi connectivity index (χ0) is 15.1. The number of hydrogen-bond acceptors (Lipinski definition) is 3. The molecule has 0 aliphatic heterocycles. The number of rotatable bonds is 7. The SMILES string of the molecule is CC[C@@H](NC(=O)CCc1ccc(OC)c(Cl)c1)C(=O)O. The van der Waals surface area contributed by atoms with Gasteiger partial charge in [0, 0.05) is 6.42 Å². The van der Waals surface area contributed by atoms with Gasteiger partial charge in [0.25, 0.3) is 0 Å². The Morgan fingerprint density at radius 3 is 2.65 bits per heavy atom. The molecule has 0 bridgehead atoms. The Balaban J connectivity index is 2.52. The van der Waals surface area contributed by atoms with Crippen molar-refractivity contribution in [1.29, 1.82) is 0 Å². The van der Waals surface area contributed by atoms with Crippen LogP contribution in [-0.4, -0.2) is 30.1 Å². The van der Waals surface area contributed by atoms with Crippen LogP contribution in [0.5, 0.6) is 5.75 Å². The highest BCUT2D eigenvalue weighted by Gasteiger charge is 2.17. The predicted molar refractivity (Wildman–Crippen MR) is 76.2 cm³/mol. The van der Waals surface area contributed by atoms with Crippen LogP contribution < -0.4 is 10.1 Å². The number of methoxy groups -OCH3 is 1. The van der Waals surface area contributed by atoms with Gasteiger partial charge < -0.3 is 15.2 Å². The van der Waals surface area contributed by atoms with Crippen LogP contribution in [-0.2, 0) is 16.0 Å². The molecule has 0 aromatic heterocycles. The van der Waals surface area contributed by atoms with Crippen LogP contribution in [0.3, 0.4) is 0 Å². The van der Waals surface area contributed by atoms with Gasteiger partial charge >= 0.3 is 5.97 Å². The predicted octanol–water partition coefficient (Wildman–Crippen LogP) is 2.26. The Labute approximate surface area is 122 Å². The highest BCUT2D eigenvalue weighted by Crippen LogP contribution is 2.25. The van der Waals surface area contributed by atoms with E-state index in [1.807, 2.05) is 6.07 Å². The Hall–Kier alpha value is -1.75. The molecule has 0 fully saturated rings. The average molecular weight is 300 g/mol. The van der Waals surface area contributed by atoms with Gasteiger partial charge in [-0.2, -0.15) is 0 Å². The van der Waals surface area contributed by atoms with Gasteiger partial charge in [-0.3, -0.25) is 4.79 Å². The molecule has 1 aromatic rings. The number of nitrogens with one attached hydrogen (secondary N) is 1. The summed E-state index contributed by atoms with van der Waals surface area (Å²) in [4.78, 5) is 22.5. The van der Waals surface area contributed by atoms with E-state index in [0.717, 1.165) is 5.56 Å². The molecule has 0 radical (unpaired) electrons. The quantitative estimate of drug-likeness (QED) is 0.810. The van der Waals surface area contributed by atoms with Crippen molar-refractivity contribution < 1.29 is 19.4 Å². The van der Waals surface area contributed by atoms with E-state index in [0.29, 0.717) is 23.6 Å². The zero-order valence-electron chi connectivity index (χ0n) is 11.5. The molecule has 2 N–H and O–H groups in total. The largest absolute Gasteiger partial charge is 0.495 e. The van der Waals surface area contributed by atoms with Crippen LogP contribution in [0, 0.1) is 0 Å². The van der Waals surface area contributed by atoms with E-state index in [1.54, 1.807) is 19.1 Å². The number of carboxylic acids is 1. The zero-order valence-corrected chi connectivity index (χ0v) is 12.2. The second-order valence-electron chi connectivity index (χ2n) is 4.34. The number of halogens is 1. The van der Waals surface area contributed by atoms with E-state index in [-0.39, 0.29) is 12.3 Å². The molecule has 0 aliphatic rings. The van der Waals surface area contributed by atoms with Crippen molar-refractivity contribution in [3.63, 3.8) is 0 Å². The third kappa shape index (κ3) is 4.74. The van der Waals surface area contributed by atoms with Crippen LogP contribution in [0.1, 0.15) is 25.3 Å². The third-order valence-corrected chi connectivity index (χ3v) is 3.19. The molecule has 0 unspecified atom stereocenters. The molecular formula is C14H18ClNO4. The second-order valence-corrected chi connectivity index (χ2v) is 4.74. The molecular weight excluding hydrogens is 282 g/mol. The third-order valence-electron chi connectivity index (χ3n) is 2.90. The number of aryl methyl sites for hydroxylation is 1. The van der Waals surface area contributed by atoms with Crippen LogP contribution >= 0.6 is 11.6 Å². The van der Waals surface area contributed by atoms with E-state index in [2.05, 4.69) is 5.32 Å². The number of carboxylic acid groups (broad SMARTS) is 1. The van der Waals surface area contributed by atoms with Gasteiger partial charge in [-0.1, -0.05) is 24.6 Å². The molecule has 1 aromatic carbocycles. The van der Waals surface area contributed by atoms with Gasteiger partial charge in [-0.25, -0.2) is 4.79 Å². The average Bonchev–Trinajstić information content (AvgIpc) is 2.42. The minimum absolute atomic E-state index is 0.215. The first kappa shape index (κ1) is 16.3. The summed E-state index contributed by atoms with van der Waals surface area (Å²) in [5.74, 6) is -0.726. The molecule has 110 valence electrons. The Morgan fingerprint density at radius 2 is 2.15 bits per heavy atom. The van der Waals surface area contributed by atoms with Crippen molar-refractivity contribution >= 4 is 23.5 Å². The first-order chi connectivity index (χ1) is 9.47. The lowest BCUT2D eigenvalue weighted by Gasteiger charge is -2.12. The van der Waals surface area contributed by atoms with E-state index < -0.39 is 12.0 Å². The van der Waals surface area contributed by atoms with Crippen LogP contribution in [0.2, 0.25) is 5.02 Å². The summed E-state index contributed by atoms with van der Waals surface area (Å²) in [7, 11) is 1.53. The molecule has 1 amide bonds. The maximum atomic E-state index is 11.7. The lowest BCUT2D eigenvalue weighted by molar-refractivity contribution is -0.141. The number of hydrogen-bond donors (Lipinski definition) is 2. The number of ether oxygens (including phenoxy) is 1. The fraction of sp³-hybridized carbons (Fsp3) is 0.429. The highest BCUT2D eigenvalue weighted by atomic mass is 35.5. The smallest absolute Gasteiger partial charge is 0.326 e. The molecule has 20 heavy (non-hydrogen) atoms. The van der Waals surface area contributed by atoms with Crippen molar-refractivity contribution in [2.24, 2.45) is 0 Å². The monoisotopic (exact) mass is 299 g/mol. The van der Waals surface area contributed by atoms with Crippen molar-refractivity contribution in [3.05, 3.63) is 28.8 Å². The van der Waals surface area contributed by atoms with Gasteiger partial charge in [0.15, 0.2) is 0 Å². The molecule has 0 aliphatic carbocycles. The lowest BCUT2D eigenvalue weighted by Crippen LogP contribution is -2.40. The molecule has 0 spiro atoms. The molecule has 0 saturated carbocycles. The summed E-state index contributed by atoms with van der Waals surface area (Å²) in [6.07, 6.45) is 1.06. The lowest BCUT2D eigenvalue weighted by atomic mass is 10.1. The van der Waals surface area contributed by atoms with Crippen molar-refractivity contribution in [1.82, 2.24) is 5.32 Å². The number of carbonyl (C=O) groups is 2. The van der Waals surface area contributed by atoms with Crippen molar-refractivity contribution in [2.45, 2.75) is 32.2 Å². The first-order valence-electron chi connectivity index (χ1n) is 6.32. The highest BCUT2D eigenvalue weighted by molar-refractivity contribution is 6.32. The Kier molecular flexibility index (Phi) is 6.31. The summed E-state index contributed by atoms with van der Waals surface area (Å²) in [6.45, 7) is 1.71. The topological polar surface area (TPSA) is 75.6 Å². The van der Waals surface area contributed by atoms with Crippen LogP contribution in [0.4, 0.5) is 0 Å². The number of aliphatic carboxylic acids is 1. The maximum Gasteiger partial charge on any atom is 0.326 e. The summed E-state index contributed by atoms with van der Waals surface area (Å²) in [5, 5.41) is 11.8. The fourth-order valence-electron chi connectivity index (χ4n) is 1.73. The normalized spacial score (nSPS) is 11.8. The molecule has 6 heteroatoms. The second kappa shape index (κ2) is 7.75. The van der Waals surface area contributed by atoms with Gasteiger partial charge in [0.05, 0.1) is 12.1 Å². The summed E-state index contributed by atoms with van der Waals surface area (Å²) in [6, 6.07) is 4.47. The number of carbonyl (C=O) groups excluding carboxylic acids is 1. The molecule has 1 atom stereocenters. The van der Waals surface area contributed by atoms with Crippen LogP contribution in [0.25, 0.3) is 0 Å². The van der Waals surface area contributed by atoms with E-state index in [9.17, 15) is 9.59 Å². The number of benzene rings is 1. The van der Waals surface area contributed by atoms with Gasteiger partial charge in [0.2, 0.25) is 5.91 Å². The van der Waals surface area contributed by atoms with Gasteiger partial charge in [-0.15, -0.1) is 0 Å². The van der Waals surface area contributed by atoms with E-state index in [1.165, 1.54) is 7.11 Å². The minimum atomic E-state index is -1.02. The van der Waals surface area contributed by atoms with Crippen molar-refractivity contribution in [2.75, 3.05) is 7.11 Å². The summed E-state index contributed by atoms with van der Waals surface area (Å²) < 4.78 is 5.04.